The van der Waals surface area contributed by atoms with Crippen LogP contribution in [0, 0.1) is 11.6 Å². The van der Waals surface area contributed by atoms with Crippen LogP contribution in [0.5, 0.6) is 0 Å². The van der Waals surface area contributed by atoms with Crippen molar-refractivity contribution < 1.29 is 35.1 Å². The number of benzene rings is 2. The Bertz CT molecular complexity index is 1180. The minimum absolute atomic E-state index is 0.144. The van der Waals surface area contributed by atoms with Crippen molar-refractivity contribution in [3.8, 4) is 0 Å². The molecule has 0 atom stereocenters. The summed E-state index contributed by atoms with van der Waals surface area (Å²) < 4.78 is 105. The van der Waals surface area contributed by atoms with E-state index in [0.717, 1.165) is 12.1 Å². The maximum Gasteiger partial charge on any atom is 0.419 e. The summed E-state index contributed by atoms with van der Waals surface area (Å²) in [5.41, 5.74) is -2.29. The second kappa shape index (κ2) is 9.32. The first-order valence-electron chi connectivity index (χ1n) is 9.57. The van der Waals surface area contributed by atoms with Crippen molar-refractivity contribution in [2.75, 3.05) is 0 Å². The average molecular weight is 485 g/mol. The van der Waals surface area contributed by atoms with Gasteiger partial charge in [-0.2, -0.15) is 26.3 Å². The van der Waals surface area contributed by atoms with E-state index in [9.17, 15) is 35.1 Å². The largest absolute Gasteiger partial charge is 0.419 e. The van der Waals surface area contributed by atoms with Crippen molar-refractivity contribution in [1.29, 1.82) is 0 Å². The number of alkyl halides is 6. The summed E-state index contributed by atoms with van der Waals surface area (Å²) in [6.45, 7) is 2.95. The number of nitrogens with zero attached hydrogens (tertiary/aromatic N) is 3. The molecule has 0 N–H and O–H groups in total. The van der Waals surface area contributed by atoms with Gasteiger partial charge in [0.2, 0.25) is 0 Å². The van der Waals surface area contributed by atoms with Crippen LogP contribution in [0.25, 0.3) is 0 Å². The van der Waals surface area contributed by atoms with E-state index in [1.54, 1.807) is 6.07 Å². The van der Waals surface area contributed by atoms with Gasteiger partial charge in [-0.1, -0.05) is 6.07 Å². The van der Waals surface area contributed by atoms with Gasteiger partial charge in [-0.05, 0) is 62.4 Å². The lowest BCUT2D eigenvalue weighted by Crippen LogP contribution is -2.08. The van der Waals surface area contributed by atoms with Crippen molar-refractivity contribution in [2.45, 2.75) is 26.2 Å². The third kappa shape index (κ3) is 5.83. The first-order chi connectivity index (χ1) is 15.8. The molecule has 0 saturated heterocycles. The van der Waals surface area contributed by atoms with E-state index >= 15 is 0 Å². The molecule has 178 valence electrons. The van der Waals surface area contributed by atoms with Crippen LogP contribution in [0.2, 0.25) is 0 Å². The summed E-state index contributed by atoms with van der Waals surface area (Å²) in [7, 11) is 0. The number of pyridine rings is 1. The standard InChI is InChI=1S/C23H15F8N3/c1-12(32-14-6-8-18(24)16(10-14)22(26,27)28)20-4-3-5-21(34-20)13(2)33-15-7-9-19(25)17(11-15)23(29,30)31/h3-11H,1-2H3. The number of aromatic nitrogens is 1. The quantitative estimate of drug-likeness (QED) is 0.276. The zero-order valence-corrected chi connectivity index (χ0v) is 17.6. The van der Waals surface area contributed by atoms with Crippen LogP contribution < -0.4 is 0 Å². The molecule has 0 fully saturated rings. The molecule has 0 aliphatic heterocycles. The molecule has 0 aliphatic rings. The summed E-state index contributed by atoms with van der Waals surface area (Å²) >= 11 is 0. The average Bonchev–Trinajstić information content (AvgIpc) is 2.75. The molecule has 0 spiro atoms. The molecule has 3 rings (SSSR count). The maximum atomic E-state index is 13.5. The summed E-state index contributed by atoms with van der Waals surface area (Å²) in [4.78, 5) is 12.4. The Morgan fingerprint density at radius 3 is 1.38 bits per heavy atom. The Hall–Kier alpha value is -3.63. The minimum atomic E-state index is -4.89. The molecule has 3 aromatic rings. The summed E-state index contributed by atoms with van der Waals surface area (Å²) in [6.07, 6.45) is -9.77. The zero-order chi connectivity index (χ0) is 25.3. The monoisotopic (exact) mass is 485 g/mol. The molecule has 0 amide bonds. The first kappa shape index (κ1) is 25.0. The molecule has 1 heterocycles. The van der Waals surface area contributed by atoms with Crippen molar-refractivity contribution >= 4 is 22.8 Å². The number of halogens is 8. The second-order valence-corrected chi connectivity index (χ2v) is 7.13. The number of hydrogen-bond donors (Lipinski definition) is 0. The van der Waals surface area contributed by atoms with Gasteiger partial charge in [-0.15, -0.1) is 0 Å². The maximum absolute atomic E-state index is 13.5. The Morgan fingerprint density at radius 2 is 1.03 bits per heavy atom. The van der Waals surface area contributed by atoms with E-state index in [-0.39, 0.29) is 34.2 Å². The lowest BCUT2D eigenvalue weighted by Gasteiger charge is -2.10. The smallest absolute Gasteiger partial charge is 0.251 e. The van der Waals surface area contributed by atoms with Crippen LogP contribution in [0.15, 0.2) is 64.6 Å². The molecule has 3 nitrogen and oxygen atoms in total. The van der Waals surface area contributed by atoms with Gasteiger partial charge in [0.1, 0.15) is 11.6 Å². The van der Waals surface area contributed by atoms with Crippen molar-refractivity contribution in [3.63, 3.8) is 0 Å². The molecule has 1 aromatic heterocycles. The van der Waals surface area contributed by atoms with Gasteiger partial charge in [-0.25, -0.2) is 13.8 Å². The van der Waals surface area contributed by atoms with Gasteiger partial charge >= 0.3 is 12.4 Å². The van der Waals surface area contributed by atoms with Crippen LogP contribution in [-0.4, -0.2) is 16.4 Å². The number of rotatable bonds is 4. The van der Waals surface area contributed by atoms with E-state index < -0.39 is 35.1 Å². The topological polar surface area (TPSA) is 37.6 Å². The molecule has 0 bridgehead atoms. The Morgan fingerprint density at radius 1 is 0.647 bits per heavy atom. The van der Waals surface area contributed by atoms with Gasteiger partial charge in [0.05, 0.1) is 45.3 Å². The van der Waals surface area contributed by atoms with Crippen LogP contribution >= 0.6 is 0 Å². The van der Waals surface area contributed by atoms with Crippen molar-refractivity contribution in [2.24, 2.45) is 9.98 Å². The molecular weight excluding hydrogens is 470 g/mol. The zero-order valence-electron chi connectivity index (χ0n) is 17.6. The van der Waals surface area contributed by atoms with Crippen LogP contribution in [0.3, 0.4) is 0 Å². The molecule has 2 aromatic carbocycles. The Labute approximate surface area is 188 Å². The molecule has 0 unspecified atom stereocenters. The highest BCUT2D eigenvalue weighted by atomic mass is 19.4. The van der Waals surface area contributed by atoms with Gasteiger partial charge in [0.25, 0.3) is 0 Å². The third-order valence-corrected chi connectivity index (χ3v) is 4.59. The van der Waals surface area contributed by atoms with Gasteiger partial charge in [0.15, 0.2) is 0 Å². The lowest BCUT2D eigenvalue weighted by molar-refractivity contribution is -0.140. The van der Waals surface area contributed by atoms with Gasteiger partial charge in [-0.3, -0.25) is 9.98 Å². The predicted octanol–water partition coefficient (Wildman–Crippen LogP) is 7.68. The van der Waals surface area contributed by atoms with E-state index in [4.69, 9.17) is 0 Å². The fourth-order valence-electron chi connectivity index (χ4n) is 2.94. The number of hydrogen-bond acceptors (Lipinski definition) is 3. The minimum Gasteiger partial charge on any atom is -0.251 e. The van der Waals surface area contributed by atoms with Crippen LogP contribution in [0.1, 0.15) is 36.4 Å². The summed E-state index contributed by atoms with van der Waals surface area (Å²) in [5.74, 6) is -2.85. The summed E-state index contributed by atoms with van der Waals surface area (Å²) in [6, 6.07) is 9.21. The normalized spacial score (nSPS) is 13.4. The van der Waals surface area contributed by atoms with Gasteiger partial charge < -0.3 is 0 Å². The fraction of sp³-hybridized carbons (Fsp3) is 0.174. The predicted molar refractivity (Wildman–Crippen MR) is 111 cm³/mol. The third-order valence-electron chi connectivity index (χ3n) is 4.59. The van der Waals surface area contributed by atoms with Crippen LogP contribution in [-0.2, 0) is 12.4 Å². The SMILES string of the molecule is CC(=Nc1ccc(F)c(C(F)(F)F)c1)c1cccc(C(C)=Nc2ccc(F)c(C(F)(F)F)c2)n1. The fourth-order valence-corrected chi connectivity index (χ4v) is 2.94. The number of aliphatic imine (C=N–C) groups is 2. The van der Waals surface area contributed by atoms with Crippen LogP contribution in [0.4, 0.5) is 46.5 Å². The highest BCUT2D eigenvalue weighted by molar-refractivity contribution is 6.02. The molecule has 0 saturated carbocycles. The summed E-state index contributed by atoms with van der Waals surface area (Å²) in [5, 5.41) is 0. The second-order valence-electron chi connectivity index (χ2n) is 7.13. The Kier molecular flexibility index (Phi) is 6.85. The van der Waals surface area contributed by atoms with E-state index in [0.29, 0.717) is 24.3 Å². The lowest BCUT2D eigenvalue weighted by atomic mass is 10.1. The highest BCUT2D eigenvalue weighted by Gasteiger charge is 2.35. The molecular formula is C23H15F8N3. The Balaban J connectivity index is 1.93. The first-order valence-corrected chi connectivity index (χ1v) is 9.57. The van der Waals surface area contributed by atoms with Gasteiger partial charge in [0, 0.05) is 0 Å². The molecule has 11 heteroatoms. The highest BCUT2D eigenvalue weighted by Crippen LogP contribution is 2.35. The van der Waals surface area contributed by atoms with E-state index in [1.807, 2.05) is 0 Å². The van der Waals surface area contributed by atoms with E-state index in [2.05, 4.69) is 15.0 Å². The van der Waals surface area contributed by atoms with Crippen molar-refractivity contribution in [3.05, 3.63) is 88.7 Å². The van der Waals surface area contributed by atoms with Crippen molar-refractivity contribution in [1.82, 2.24) is 4.98 Å². The molecule has 34 heavy (non-hydrogen) atoms. The molecule has 0 radical (unpaired) electrons. The molecule has 0 aliphatic carbocycles. The van der Waals surface area contributed by atoms with E-state index in [1.165, 1.54) is 26.0 Å².